The number of hydrogen-bond acceptors (Lipinski definition) is 5. The van der Waals surface area contributed by atoms with Crippen LogP contribution in [0.5, 0.6) is 5.75 Å². The Bertz CT molecular complexity index is 752. The summed E-state index contributed by atoms with van der Waals surface area (Å²) in [4.78, 5) is 12.0. The van der Waals surface area contributed by atoms with Crippen molar-refractivity contribution in [1.29, 1.82) is 0 Å². The number of carbonyl (C=O) groups is 1. The lowest BCUT2D eigenvalue weighted by molar-refractivity contribution is 0.0538. The molecule has 136 valence electrons. The average Bonchev–Trinajstić information content (AvgIpc) is 2.85. The smallest absolute Gasteiger partial charge is 0.333 e. The molecule has 0 aliphatic heterocycles. The molecule has 1 amide bonds. The molecular weight excluding hydrogens is 350 g/mol. The van der Waals surface area contributed by atoms with E-state index in [-0.39, 0.29) is 12.6 Å². The van der Waals surface area contributed by atoms with E-state index in [9.17, 15) is 13.6 Å². The van der Waals surface area contributed by atoms with Crippen molar-refractivity contribution in [3.63, 3.8) is 0 Å². The second-order valence-corrected chi connectivity index (χ2v) is 6.36. The molecule has 0 spiro atoms. The molecule has 1 aromatic heterocycles. The number of hydrogen-bond donors (Lipinski definition) is 2. The number of nitrogens with two attached hydrogens (primary N) is 1. The fraction of sp³-hybridized carbons (Fsp3) is 0.375. The van der Waals surface area contributed by atoms with E-state index in [1.54, 1.807) is 38.1 Å². The van der Waals surface area contributed by atoms with Gasteiger partial charge in [-0.05, 0) is 44.9 Å². The second-order valence-electron chi connectivity index (χ2n) is 5.51. The summed E-state index contributed by atoms with van der Waals surface area (Å²) in [6.45, 7) is 2.76. The van der Waals surface area contributed by atoms with Crippen LogP contribution in [0.25, 0.3) is 0 Å². The van der Waals surface area contributed by atoms with Crippen molar-refractivity contribution in [3.8, 4) is 5.75 Å². The number of aryl methyl sites for hydroxylation is 1. The number of alkyl halides is 2. The molecule has 1 atom stereocenters. The van der Waals surface area contributed by atoms with Crippen molar-refractivity contribution >= 4 is 17.9 Å². The topological polar surface area (TPSA) is 82.2 Å². The van der Waals surface area contributed by atoms with Crippen LogP contribution in [0.4, 0.5) is 8.78 Å². The van der Waals surface area contributed by atoms with Crippen LogP contribution < -0.4 is 15.2 Å². The Balaban J connectivity index is 1.94. The van der Waals surface area contributed by atoms with Crippen molar-refractivity contribution in [2.24, 2.45) is 5.73 Å². The molecule has 2 aromatic rings. The number of aromatic nitrogens is 2. The van der Waals surface area contributed by atoms with Gasteiger partial charge in [-0.1, -0.05) is 12.1 Å². The van der Waals surface area contributed by atoms with Crippen molar-refractivity contribution in [1.82, 2.24) is 14.5 Å². The van der Waals surface area contributed by atoms with Gasteiger partial charge in [0.1, 0.15) is 12.4 Å². The largest absolute Gasteiger partial charge is 0.491 e. The van der Waals surface area contributed by atoms with Crippen LogP contribution >= 0.6 is 11.9 Å². The number of benzene rings is 1. The maximum Gasteiger partial charge on any atom is 0.333 e. The van der Waals surface area contributed by atoms with Crippen LogP contribution in [-0.2, 0) is 0 Å². The minimum atomic E-state index is -2.67. The van der Waals surface area contributed by atoms with Crippen LogP contribution in [-0.4, -0.2) is 28.3 Å². The van der Waals surface area contributed by atoms with E-state index in [4.69, 9.17) is 10.5 Å². The van der Waals surface area contributed by atoms with E-state index in [0.29, 0.717) is 32.3 Å². The number of primary amides is 1. The van der Waals surface area contributed by atoms with Crippen molar-refractivity contribution < 1.29 is 18.3 Å². The van der Waals surface area contributed by atoms with E-state index >= 15 is 0 Å². The van der Waals surface area contributed by atoms with Crippen molar-refractivity contribution in [2.45, 2.75) is 38.3 Å². The van der Waals surface area contributed by atoms with Gasteiger partial charge in [0.25, 0.3) is 5.91 Å². The Morgan fingerprint density at radius 3 is 2.68 bits per heavy atom. The molecule has 0 fully saturated rings. The highest BCUT2D eigenvalue weighted by molar-refractivity contribution is 7.97. The van der Waals surface area contributed by atoms with Crippen LogP contribution in [0.15, 0.2) is 29.2 Å². The lowest BCUT2D eigenvalue weighted by Gasteiger charge is -2.15. The quantitative estimate of drug-likeness (QED) is 0.698. The Hall–Kier alpha value is -2.13. The van der Waals surface area contributed by atoms with E-state index < -0.39 is 12.5 Å². The minimum absolute atomic E-state index is 0.111. The first-order valence-corrected chi connectivity index (χ1v) is 8.40. The van der Waals surface area contributed by atoms with E-state index in [2.05, 4.69) is 9.82 Å². The number of rotatable bonds is 8. The molecule has 3 N–H and O–H groups in total. The highest BCUT2D eigenvalue weighted by Gasteiger charge is 2.18. The lowest BCUT2D eigenvalue weighted by Crippen LogP contribution is -2.27. The molecule has 0 saturated heterocycles. The zero-order chi connectivity index (χ0) is 18.6. The van der Waals surface area contributed by atoms with E-state index in [1.807, 2.05) is 6.92 Å². The Kier molecular flexibility index (Phi) is 6.38. The number of halogens is 2. The number of amides is 1. The van der Waals surface area contributed by atoms with Crippen LogP contribution in [0.3, 0.4) is 0 Å². The summed E-state index contributed by atoms with van der Waals surface area (Å²) in [5.74, 6) is -0.150. The Labute approximate surface area is 148 Å². The van der Waals surface area contributed by atoms with Gasteiger partial charge in [-0.25, -0.2) is 4.68 Å². The molecule has 0 radical (unpaired) electrons. The highest BCUT2D eigenvalue weighted by atomic mass is 32.2. The molecule has 1 heterocycles. The monoisotopic (exact) mass is 370 g/mol. The van der Waals surface area contributed by atoms with Gasteiger partial charge in [0.2, 0.25) is 0 Å². The van der Waals surface area contributed by atoms with Gasteiger partial charge in [0.15, 0.2) is 0 Å². The normalized spacial score (nSPS) is 12.4. The lowest BCUT2D eigenvalue weighted by atomic mass is 10.2. The van der Waals surface area contributed by atoms with Crippen LogP contribution in [0.2, 0.25) is 0 Å². The first kappa shape index (κ1) is 19.2. The summed E-state index contributed by atoms with van der Waals surface area (Å²) in [7, 11) is 0. The summed E-state index contributed by atoms with van der Waals surface area (Å²) in [6, 6.07) is 6.60. The molecular formula is C16H20F2N4O2S. The summed E-state index contributed by atoms with van der Waals surface area (Å²) in [5.41, 5.74) is 6.55. The fourth-order valence-electron chi connectivity index (χ4n) is 2.19. The zero-order valence-corrected chi connectivity index (χ0v) is 14.9. The number of ether oxygens (including phenoxy) is 1. The third kappa shape index (κ3) is 4.70. The fourth-order valence-corrected chi connectivity index (χ4v) is 3.01. The average molecular weight is 370 g/mol. The predicted molar refractivity (Wildman–Crippen MR) is 91.9 cm³/mol. The van der Waals surface area contributed by atoms with Crippen molar-refractivity contribution in [3.05, 3.63) is 41.2 Å². The molecule has 6 nitrogen and oxygen atoms in total. The standard InChI is InChI=1S/C16H20F2N4O2S/c1-9(8-24-13-7-5-4-6-12(13)15(19)23)21-25-14-10(2)20-22(11(14)3)16(17)18/h4-7,9,16,21H,8H2,1-3H3,(H2,19,23). The third-order valence-electron chi connectivity index (χ3n) is 3.45. The number of nitrogens with zero attached hydrogens (tertiary/aromatic N) is 2. The Morgan fingerprint density at radius 1 is 1.40 bits per heavy atom. The molecule has 0 saturated carbocycles. The molecule has 2 rings (SSSR count). The van der Waals surface area contributed by atoms with E-state index in [1.165, 1.54) is 11.9 Å². The van der Waals surface area contributed by atoms with Crippen LogP contribution in [0.1, 0.15) is 35.2 Å². The van der Waals surface area contributed by atoms with Crippen molar-refractivity contribution in [2.75, 3.05) is 6.61 Å². The summed E-state index contributed by atoms with van der Waals surface area (Å²) >= 11 is 1.23. The van der Waals surface area contributed by atoms with Gasteiger partial charge in [-0.15, -0.1) is 0 Å². The minimum Gasteiger partial charge on any atom is -0.491 e. The maximum absolute atomic E-state index is 12.8. The molecule has 9 heteroatoms. The highest BCUT2D eigenvalue weighted by Crippen LogP contribution is 2.27. The second kappa shape index (κ2) is 8.30. The number of carbonyl (C=O) groups excluding carboxylic acids is 1. The molecule has 1 unspecified atom stereocenters. The van der Waals surface area contributed by atoms with E-state index in [0.717, 1.165) is 0 Å². The molecule has 0 bridgehead atoms. The third-order valence-corrected chi connectivity index (χ3v) is 4.76. The zero-order valence-electron chi connectivity index (χ0n) is 14.1. The van der Waals surface area contributed by atoms with Gasteiger partial charge >= 0.3 is 6.55 Å². The molecule has 25 heavy (non-hydrogen) atoms. The first-order chi connectivity index (χ1) is 11.8. The maximum atomic E-state index is 12.8. The first-order valence-electron chi connectivity index (χ1n) is 7.59. The van der Waals surface area contributed by atoms with Gasteiger partial charge in [-0.2, -0.15) is 13.9 Å². The SMILES string of the molecule is Cc1nn(C(F)F)c(C)c1SNC(C)COc1ccccc1C(N)=O. The van der Waals surface area contributed by atoms with Gasteiger partial charge < -0.3 is 10.5 Å². The molecule has 0 aliphatic carbocycles. The summed E-state index contributed by atoms with van der Waals surface area (Å²) in [6.07, 6.45) is 0. The summed E-state index contributed by atoms with van der Waals surface area (Å²) in [5, 5.41) is 3.84. The summed E-state index contributed by atoms with van der Waals surface area (Å²) < 4.78 is 35.2. The number of nitrogens with one attached hydrogen (secondary N) is 1. The number of para-hydroxylation sites is 1. The van der Waals surface area contributed by atoms with Gasteiger partial charge in [-0.3, -0.25) is 9.52 Å². The molecule has 0 aliphatic rings. The van der Waals surface area contributed by atoms with Gasteiger partial charge in [0.05, 0.1) is 21.8 Å². The predicted octanol–water partition coefficient (Wildman–Crippen LogP) is 3.06. The van der Waals surface area contributed by atoms with Crippen LogP contribution in [0, 0.1) is 13.8 Å². The van der Waals surface area contributed by atoms with Gasteiger partial charge in [0, 0.05) is 6.04 Å². The Morgan fingerprint density at radius 2 is 2.08 bits per heavy atom. The molecule has 1 aromatic carbocycles.